The van der Waals surface area contributed by atoms with E-state index < -0.39 is 6.17 Å². The minimum atomic E-state index is -0.666. The molecule has 4 N–H and O–H groups in total. The Morgan fingerprint density at radius 2 is 2.11 bits per heavy atom. The molecule has 35 heavy (non-hydrogen) atoms. The summed E-state index contributed by atoms with van der Waals surface area (Å²) in [5, 5.41) is 23.8. The van der Waals surface area contributed by atoms with Gasteiger partial charge in [0.15, 0.2) is 0 Å². The molecular formula is C25H32FN8S+. The van der Waals surface area contributed by atoms with Crippen molar-refractivity contribution in [2.45, 2.75) is 50.6 Å². The largest absolute Gasteiger partial charge is 0.319 e. The van der Waals surface area contributed by atoms with Gasteiger partial charge in [-0.15, -0.1) is 10.2 Å². The van der Waals surface area contributed by atoms with Crippen LogP contribution in [0.1, 0.15) is 55.0 Å². The van der Waals surface area contributed by atoms with E-state index in [1.54, 1.807) is 17.5 Å². The van der Waals surface area contributed by atoms with Gasteiger partial charge in [0.2, 0.25) is 5.13 Å². The van der Waals surface area contributed by atoms with Crippen molar-refractivity contribution in [3.05, 3.63) is 41.2 Å². The summed E-state index contributed by atoms with van der Waals surface area (Å²) < 4.78 is 13.3. The fourth-order valence-corrected chi connectivity index (χ4v) is 5.75. The Kier molecular flexibility index (Phi) is 7.70. The summed E-state index contributed by atoms with van der Waals surface area (Å²) in [5.74, 6) is 1.25. The van der Waals surface area contributed by atoms with Gasteiger partial charge in [-0.2, -0.15) is 0 Å². The van der Waals surface area contributed by atoms with Crippen LogP contribution in [0.4, 0.5) is 15.3 Å². The number of hydrogen-bond acceptors (Lipinski definition) is 8. The van der Waals surface area contributed by atoms with Gasteiger partial charge in [0.25, 0.3) is 0 Å². The fourth-order valence-electron chi connectivity index (χ4n) is 4.83. The Bertz CT molecular complexity index is 1190. The molecule has 0 radical (unpaired) electrons. The van der Waals surface area contributed by atoms with E-state index in [4.69, 9.17) is 10.4 Å². The number of alkyl halides is 1. The van der Waals surface area contributed by atoms with E-state index in [1.165, 1.54) is 31.9 Å². The first-order valence-electron chi connectivity index (χ1n) is 12.5. The van der Waals surface area contributed by atoms with Crippen LogP contribution in [-0.2, 0) is 0 Å². The SMILES string of the molecule is N=C/C(=C\[NH2+]CCCN1CC[C@H](F)C1)c1cnc2ccc(Nc3nnc(C4CCCC4)s3)nc2c1. The molecular weight excluding hydrogens is 463 g/mol. The second-order valence-electron chi connectivity index (χ2n) is 9.34. The van der Waals surface area contributed by atoms with Gasteiger partial charge in [-0.05, 0) is 37.5 Å². The number of fused-ring (bicyclic) bond motifs is 1. The molecule has 10 heteroatoms. The first-order chi connectivity index (χ1) is 17.2. The lowest BCUT2D eigenvalue weighted by atomic mass is 10.1. The third kappa shape index (κ3) is 6.06. The number of nitrogens with two attached hydrogens (primary N) is 1. The molecule has 1 saturated heterocycles. The molecule has 0 spiro atoms. The minimum absolute atomic E-state index is 0.547. The molecule has 1 aliphatic carbocycles. The van der Waals surface area contributed by atoms with Crippen LogP contribution in [0.2, 0.25) is 0 Å². The number of aromatic nitrogens is 4. The van der Waals surface area contributed by atoms with Gasteiger partial charge in [-0.25, -0.2) is 9.37 Å². The van der Waals surface area contributed by atoms with Gasteiger partial charge in [0, 0.05) is 49.9 Å². The number of allylic oxidation sites excluding steroid dienone is 1. The van der Waals surface area contributed by atoms with Gasteiger partial charge in [-0.1, -0.05) is 24.2 Å². The summed E-state index contributed by atoms with van der Waals surface area (Å²) in [6.07, 6.45) is 11.0. The number of halogens is 1. The second kappa shape index (κ2) is 11.3. The Labute approximate surface area is 208 Å². The molecule has 8 nitrogen and oxygen atoms in total. The Morgan fingerprint density at radius 3 is 2.91 bits per heavy atom. The predicted octanol–water partition coefficient (Wildman–Crippen LogP) is 3.87. The molecule has 1 saturated carbocycles. The second-order valence-corrected chi connectivity index (χ2v) is 10.4. The fraction of sp³-hybridized carbons (Fsp3) is 0.480. The smallest absolute Gasteiger partial charge is 0.211 e. The zero-order chi connectivity index (χ0) is 24.0. The van der Waals surface area contributed by atoms with Crippen molar-refractivity contribution in [1.29, 1.82) is 5.41 Å². The van der Waals surface area contributed by atoms with Crippen LogP contribution in [0.3, 0.4) is 0 Å². The van der Waals surface area contributed by atoms with Crippen molar-refractivity contribution < 1.29 is 9.71 Å². The van der Waals surface area contributed by atoms with Crippen molar-refractivity contribution >= 4 is 45.1 Å². The Morgan fingerprint density at radius 1 is 1.23 bits per heavy atom. The van der Waals surface area contributed by atoms with Crippen molar-refractivity contribution in [2.75, 3.05) is 31.5 Å². The summed E-state index contributed by atoms with van der Waals surface area (Å²) in [5.41, 5.74) is 3.20. The van der Waals surface area contributed by atoms with Crippen LogP contribution in [0.5, 0.6) is 0 Å². The third-order valence-corrected chi connectivity index (χ3v) is 7.76. The lowest BCUT2D eigenvalue weighted by Crippen LogP contribution is -2.78. The summed E-state index contributed by atoms with van der Waals surface area (Å²) >= 11 is 1.61. The maximum absolute atomic E-state index is 13.3. The molecule has 2 aliphatic rings. The third-order valence-electron chi connectivity index (χ3n) is 6.76. The average Bonchev–Trinajstić information content (AvgIpc) is 3.63. The molecule has 0 unspecified atom stereocenters. The number of likely N-dealkylation sites (tertiary alicyclic amines) is 1. The van der Waals surface area contributed by atoms with E-state index in [0.717, 1.165) is 58.4 Å². The summed E-state index contributed by atoms with van der Waals surface area (Å²) in [7, 11) is 0. The first kappa shape index (κ1) is 23.9. The van der Waals surface area contributed by atoms with E-state index in [9.17, 15) is 4.39 Å². The van der Waals surface area contributed by atoms with Crippen LogP contribution in [0.15, 0.2) is 30.6 Å². The molecule has 1 atom stereocenters. The van der Waals surface area contributed by atoms with E-state index >= 15 is 0 Å². The molecule has 0 amide bonds. The van der Waals surface area contributed by atoms with Gasteiger partial charge >= 0.3 is 0 Å². The summed E-state index contributed by atoms with van der Waals surface area (Å²) in [6.45, 7) is 3.23. The number of anilines is 2. The Balaban J connectivity index is 1.22. The molecule has 3 aromatic heterocycles. The van der Waals surface area contributed by atoms with Crippen LogP contribution >= 0.6 is 11.3 Å². The van der Waals surface area contributed by atoms with E-state index in [2.05, 4.69) is 30.7 Å². The molecule has 1 aliphatic heterocycles. The average molecular weight is 496 g/mol. The van der Waals surface area contributed by atoms with Crippen LogP contribution < -0.4 is 10.6 Å². The molecule has 0 aromatic carbocycles. The highest BCUT2D eigenvalue weighted by Gasteiger charge is 2.22. The standard InChI is InChI=1S/C25H31FN8S/c26-20-8-11-34(16-20)10-3-9-28-14-19(13-27)18-12-22-21(29-15-18)6-7-23(30-22)31-25-33-32-24(35-25)17-4-1-2-5-17/h6-7,12-15,17,20,27-28H,1-5,8-11,16H2,(H,30,31,33)/p+1/b19-14+,27-13?/t20-/m0/s1. The van der Waals surface area contributed by atoms with Crippen LogP contribution in [0, 0.1) is 5.41 Å². The van der Waals surface area contributed by atoms with Crippen LogP contribution in [0.25, 0.3) is 16.6 Å². The van der Waals surface area contributed by atoms with Gasteiger partial charge < -0.3 is 20.9 Å². The van der Waals surface area contributed by atoms with Crippen LogP contribution in [-0.4, -0.2) is 63.6 Å². The van der Waals surface area contributed by atoms with E-state index in [1.807, 2.05) is 24.4 Å². The van der Waals surface area contributed by atoms with Gasteiger partial charge in [0.1, 0.15) is 23.2 Å². The topological polar surface area (TPSA) is 107 Å². The maximum Gasteiger partial charge on any atom is 0.211 e. The number of hydrogen-bond donors (Lipinski definition) is 3. The lowest BCUT2D eigenvalue weighted by Gasteiger charge is -2.12. The number of nitrogens with zero attached hydrogens (tertiary/aromatic N) is 5. The number of rotatable bonds is 10. The van der Waals surface area contributed by atoms with Gasteiger partial charge in [0.05, 0.1) is 23.2 Å². The summed E-state index contributed by atoms with van der Waals surface area (Å²) in [6, 6.07) is 5.81. The predicted molar refractivity (Wildman–Crippen MR) is 138 cm³/mol. The Hall–Kier alpha value is -2.82. The maximum atomic E-state index is 13.3. The van der Waals surface area contributed by atoms with E-state index in [-0.39, 0.29) is 0 Å². The molecule has 3 aromatic rings. The lowest BCUT2D eigenvalue weighted by molar-refractivity contribution is -0.587. The zero-order valence-electron chi connectivity index (χ0n) is 19.8. The normalized spacial score (nSPS) is 19.6. The molecule has 0 bridgehead atoms. The highest BCUT2D eigenvalue weighted by Crippen LogP contribution is 2.37. The number of pyridine rings is 2. The van der Waals surface area contributed by atoms with Crippen molar-refractivity contribution in [3.8, 4) is 0 Å². The monoisotopic (exact) mass is 495 g/mol. The minimum Gasteiger partial charge on any atom is -0.319 e. The highest BCUT2D eigenvalue weighted by atomic mass is 32.1. The molecule has 2 fully saturated rings. The molecule has 4 heterocycles. The number of quaternary nitrogens is 1. The molecule has 5 rings (SSSR count). The van der Waals surface area contributed by atoms with Gasteiger partial charge in [-0.3, -0.25) is 4.98 Å². The summed E-state index contributed by atoms with van der Waals surface area (Å²) in [4.78, 5) is 11.5. The van der Waals surface area contributed by atoms with Crippen molar-refractivity contribution in [1.82, 2.24) is 25.1 Å². The number of nitrogens with one attached hydrogen (secondary N) is 2. The van der Waals surface area contributed by atoms with Crippen molar-refractivity contribution in [2.24, 2.45) is 0 Å². The quantitative estimate of drug-likeness (QED) is 0.291. The molecule has 184 valence electrons. The van der Waals surface area contributed by atoms with E-state index in [0.29, 0.717) is 24.7 Å². The zero-order valence-corrected chi connectivity index (χ0v) is 20.6. The highest BCUT2D eigenvalue weighted by molar-refractivity contribution is 7.15. The first-order valence-corrected chi connectivity index (χ1v) is 13.3. The van der Waals surface area contributed by atoms with Crippen molar-refractivity contribution in [3.63, 3.8) is 0 Å².